The average Bonchev–Trinajstić information content (AvgIpc) is 2.62. The third kappa shape index (κ3) is 9.76. The summed E-state index contributed by atoms with van der Waals surface area (Å²) in [6.45, 7) is 2.36. The van der Waals surface area contributed by atoms with Crippen LogP contribution < -0.4 is 0 Å². The number of hydrogen-bond donors (Lipinski definition) is 0. The number of rotatable bonds is 13. The number of esters is 2. The number of benzene rings is 1. The third-order valence-corrected chi connectivity index (χ3v) is 3.86. The quantitative estimate of drug-likeness (QED) is 0.223. The lowest BCUT2D eigenvalue weighted by Crippen LogP contribution is -2.04. The molecule has 0 bridgehead atoms. The minimum absolute atomic E-state index is 0.0160. The van der Waals surface area contributed by atoms with Gasteiger partial charge < -0.3 is 9.47 Å². The molecular weight excluding hydrogens is 338 g/mol. The number of hydrogen-bond acceptors (Lipinski definition) is 6. The highest BCUT2D eigenvalue weighted by Crippen LogP contribution is 2.13. The Kier molecular flexibility index (Phi) is 10.7. The van der Waals surface area contributed by atoms with Crippen molar-refractivity contribution in [1.29, 1.82) is 0 Å². The first kappa shape index (κ1) is 21.6. The topological polar surface area (TPSA) is 95.7 Å². The molecule has 7 heteroatoms. The van der Waals surface area contributed by atoms with Gasteiger partial charge in [0.1, 0.15) is 6.61 Å². The fourth-order valence-corrected chi connectivity index (χ4v) is 2.43. The van der Waals surface area contributed by atoms with Gasteiger partial charge in [-0.3, -0.25) is 19.7 Å². The van der Waals surface area contributed by atoms with Gasteiger partial charge in [-0.15, -0.1) is 0 Å². The van der Waals surface area contributed by atoms with Crippen LogP contribution in [0.15, 0.2) is 24.3 Å². The Bertz CT molecular complexity index is 570. The summed E-state index contributed by atoms with van der Waals surface area (Å²) in [6, 6.07) is 5.96. The first-order valence-corrected chi connectivity index (χ1v) is 9.07. The Morgan fingerprint density at radius 2 is 1.38 bits per heavy atom. The third-order valence-electron chi connectivity index (χ3n) is 3.86. The summed E-state index contributed by atoms with van der Waals surface area (Å²) in [4.78, 5) is 32.9. The number of nitrogens with zero attached hydrogens (tertiary/aromatic N) is 1. The number of carbonyl (C=O) groups is 2. The van der Waals surface area contributed by atoms with E-state index in [1.165, 1.54) is 12.1 Å². The summed E-state index contributed by atoms with van der Waals surface area (Å²) in [5.41, 5.74) is 0.743. The maximum atomic E-state index is 11.7. The van der Waals surface area contributed by atoms with Crippen molar-refractivity contribution in [3.8, 4) is 0 Å². The van der Waals surface area contributed by atoms with E-state index in [-0.39, 0.29) is 24.2 Å². The second-order valence-electron chi connectivity index (χ2n) is 6.01. The molecule has 0 aliphatic heterocycles. The second-order valence-corrected chi connectivity index (χ2v) is 6.01. The molecule has 0 atom stereocenters. The van der Waals surface area contributed by atoms with Crippen LogP contribution >= 0.6 is 0 Å². The largest absolute Gasteiger partial charge is 0.466 e. The molecule has 7 nitrogen and oxygen atoms in total. The number of carbonyl (C=O) groups excluding carboxylic acids is 2. The zero-order chi connectivity index (χ0) is 19.2. The number of nitro benzene ring substituents is 1. The lowest BCUT2D eigenvalue weighted by atomic mass is 10.1. The van der Waals surface area contributed by atoms with Crippen molar-refractivity contribution < 1.29 is 24.0 Å². The Morgan fingerprint density at radius 1 is 0.885 bits per heavy atom. The molecule has 0 spiro atoms. The molecule has 0 aliphatic rings. The van der Waals surface area contributed by atoms with Crippen LogP contribution in [-0.4, -0.2) is 23.5 Å². The molecule has 0 aliphatic carbocycles. The van der Waals surface area contributed by atoms with Crippen LogP contribution in [0.3, 0.4) is 0 Å². The van der Waals surface area contributed by atoms with Gasteiger partial charge in [0.15, 0.2) is 0 Å². The Morgan fingerprint density at radius 3 is 1.88 bits per heavy atom. The molecule has 1 aromatic rings. The Balaban J connectivity index is 2.01. The van der Waals surface area contributed by atoms with Gasteiger partial charge in [-0.2, -0.15) is 0 Å². The lowest BCUT2D eigenvalue weighted by Gasteiger charge is -2.05. The summed E-state index contributed by atoms with van der Waals surface area (Å²) in [7, 11) is 0. The van der Waals surface area contributed by atoms with Crippen LogP contribution in [0.1, 0.15) is 63.9 Å². The molecular formula is C19H27NO6. The fourth-order valence-electron chi connectivity index (χ4n) is 2.43. The average molecular weight is 365 g/mol. The molecule has 26 heavy (non-hydrogen) atoms. The van der Waals surface area contributed by atoms with Crippen molar-refractivity contribution in [3.63, 3.8) is 0 Å². The van der Waals surface area contributed by atoms with Crippen molar-refractivity contribution in [2.45, 2.75) is 64.9 Å². The highest BCUT2D eigenvalue weighted by molar-refractivity contribution is 5.69. The molecule has 0 aromatic heterocycles. The number of unbranched alkanes of at least 4 members (excludes halogenated alkanes) is 5. The van der Waals surface area contributed by atoms with Crippen molar-refractivity contribution >= 4 is 17.6 Å². The van der Waals surface area contributed by atoms with Crippen LogP contribution in [0.2, 0.25) is 0 Å². The summed E-state index contributed by atoms with van der Waals surface area (Å²) >= 11 is 0. The van der Waals surface area contributed by atoms with Gasteiger partial charge >= 0.3 is 11.9 Å². The maximum Gasteiger partial charge on any atom is 0.306 e. The molecule has 0 radical (unpaired) electrons. The minimum Gasteiger partial charge on any atom is -0.466 e. The van der Waals surface area contributed by atoms with E-state index in [2.05, 4.69) is 0 Å². The van der Waals surface area contributed by atoms with Gasteiger partial charge in [0, 0.05) is 25.0 Å². The van der Waals surface area contributed by atoms with Gasteiger partial charge in [0.2, 0.25) is 0 Å². The van der Waals surface area contributed by atoms with Crippen LogP contribution in [0, 0.1) is 10.1 Å². The lowest BCUT2D eigenvalue weighted by molar-refractivity contribution is -0.384. The zero-order valence-electron chi connectivity index (χ0n) is 15.3. The molecule has 0 heterocycles. The van der Waals surface area contributed by atoms with Crippen molar-refractivity contribution in [1.82, 2.24) is 0 Å². The number of ether oxygens (including phenoxy) is 2. The first-order chi connectivity index (χ1) is 12.5. The molecule has 0 saturated carbocycles. The monoisotopic (exact) mass is 365 g/mol. The highest BCUT2D eigenvalue weighted by atomic mass is 16.6. The Labute approximate surface area is 153 Å². The van der Waals surface area contributed by atoms with E-state index < -0.39 is 4.92 Å². The van der Waals surface area contributed by atoms with Crippen LogP contribution in [-0.2, 0) is 25.7 Å². The molecule has 1 aromatic carbocycles. The molecule has 0 amide bonds. The first-order valence-electron chi connectivity index (χ1n) is 9.07. The molecule has 0 unspecified atom stereocenters. The summed E-state index contributed by atoms with van der Waals surface area (Å²) in [5, 5.41) is 10.6. The van der Waals surface area contributed by atoms with Crippen LogP contribution in [0.5, 0.6) is 0 Å². The summed E-state index contributed by atoms with van der Waals surface area (Å²) in [6.07, 6.45) is 6.47. The molecule has 0 fully saturated rings. The van der Waals surface area contributed by atoms with Crippen molar-refractivity contribution in [2.75, 3.05) is 6.61 Å². The van der Waals surface area contributed by atoms with E-state index in [1.54, 1.807) is 19.1 Å². The van der Waals surface area contributed by atoms with Crippen molar-refractivity contribution in [2.24, 2.45) is 0 Å². The Hall–Kier alpha value is -2.44. The molecule has 1 rings (SSSR count). The van der Waals surface area contributed by atoms with Crippen molar-refractivity contribution in [3.05, 3.63) is 39.9 Å². The van der Waals surface area contributed by atoms with E-state index in [0.29, 0.717) is 19.4 Å². The molecule has 144 valence electrons. The standard InChI is InChI=1S/C19H27NO6/c1-2-25-18(21)9-7-5-3-4-6-8-10-19(22)26-15-16-11-13-17(14-12-16)20(23)24/h11-14H,2-10,15H2,1H3. The predicted molar refractivity (Wildman–Crippen MR) is 96.5 cm³/mol. The summed E-state index contributed by atoms with van der Waals surface area (Å²) < 4.78 is 10.0. The maximum absolute atomic E-state index is 11.7. The molecule has 0 saturated heterocycles. The van der Waals surface area contributed by atoms with Gasteiger partial charge in [0.25, 0.3) is 5.69 Å². The molecule has 0 N–H and O–H groups in total. The normalized spacial score (nSPS) is 10.3. The van der Waals surface area contributed by atoms with E-state index in [1.807, 2.05) is 0 Å². The van der Waals surface area contributed by atoms with E-state index >= 15 is 0 Å². The fraction of sp³-hybridized carbons (Fsp3) is 0.579. The van der Waals surface area contributed by atoms with Gasteiger partial charge in [-0.25, -0.2) is 0 Å². The zero-order valence-corrected chi connectivity index (χ0v) is 15.3. The smallest absolute Gasteiger partial charge is 0.306 e. The SMILES string of the molecule is CCOC(=O)CCCCCCCCC(=O)OCc1ccc([N+](=O)[O-])cc1. The predicted octanol–water partition coefficient (Wildman–Crippen LogP) is 4.32. The second kappa shape index (κ2) is 12.9. The van der Waals surface area contributed by atoms with Gasteiger partial charge in [-0.05, 0) is 37.5 Å². The number of non-ortho nitro benzene ring substituents is 1. The van der Waals surface area contributed by atoms with E-state index in [0.717, 1.165) is 44.1 Å². The minimum atomic E-state index is -0.466. The van der Waals surface area contributed by atoms with E-state index in [4.69, 9.17) is 9.47 Å². The van der Waals surface area contributed by atoms with Gasteiger partial charge in [-0.1, -0.05) is 25.7 Å². The van der Waals surface area contributed by atoms with Gasteiger partial charge in [0.05, 0.1) is 11.5 Å². The number of nitro groups is 1. The van der Waals surface area contributed by atoms with Crippen LogP contribution in [0.4, 0.5) is 5.69 Å². The van der Waals surface area contributed by atoms with Crippen LogP contribution in [0.25, 0.3) is 0 Å². The van der Waals surface area contributed by atoms with E-state index in [9.17, 15) is 19.7 Å². The highest BCUT2D eigenvalue weighted by Gasteiger charge is 2.07. The summed E-state index contributed by atoms with van der Waals surface area (Å²) in [5.74, 6) is -0.395.